The molecular formula is C36H23NOS. The predicted molar refractivity (Wildman–Crippen MR) is 166 cm³/mol. The molecule has 9 rings (SSSR count). The maximum atomic E-state index is 6.08. The fourth-order valence-corrected chi connectivity index (χ4v) is 7.59. The van der Waals surface area contributed by atoms with E-state index in [1.165, 1.54) is 69.9 Å². The highest BCUT2D eigenvalue weighted by molar-refractivity contribution is 7.25. The number of nitrogens with zero attached hydrogens (tertiary/aromatic N) is 1. The number of benzene rings is 5. The van der Waals surface area contributed by atoms with Crippen molar-refractivity contribution in [3.05, 3.63) is 120 Å². The molecule has 0 amide bonds. The fourth-order valence-electron chi connectivity index (χ4n) is 6.46. The highest BCUT2D eigenvalue weighted by atomic mass is 32.1. The van der Waals surface area contributed by atoms with E-state index in [4.69, 9.17) is 4.42 Å². The third kappa shape index (κ3) is 3.08. The Kier molecular flexibility index (Phi) is 4.35. The summed E-state index contributed by atoms with van der Waals surface area (Å²) in [6.07, 6.45) is 6.77. The Hall–Kier alpha value is -4.60. The largest absolute Gasteiger partial charge is 0.456 e. The van der Waals surface area contributed by atoms with E-state index in [9.17, 15) is 0 Å². The average molecular weight is 518 g/mol. The molecule has 184 valence electrons. The first-order valence-electron chi connectivity index (χ1n) is 13.5. The molecule has 3 aromatic heterocycles. The van der Waals surface area contributed by atoms with Crippen molar-refractivity contribution in [2.75, 3.05) is 0 Å². The van der Waals surface area contributed by atoms with Gasteiger partial charge in [-0.3, -0.25) is 0 Å². The van der Waals surface area contributed by atoms with Crippen molar-refractivity contribution in [2.45, 2.75) is 12.8 Å². The summed E-state index contributed by atoms with van der Waals surface area (Å²) in [6.45, 7) is 0. The van der Waals surface area contributed by atoms with Gasteiger partial charge in [-0.15, -0.1) is 11.3 Å². The van der Waals surface area contributed by atoms with Gasteiger partial charge >= 0.3 is 0 Å². The summed E-state index contributed by atoms with van der Waals surface area (Å²) in [5, 5.41) is 6.33. The molecule has 0 N–H and O–H groups in total. The molecule has 3 heterocycles. The first-order chi connectivity index (χ1) is 19.3. The lowest BCUT2D eigenvalue weighted by atomic mass is 9.98. The maximum absolute atomic E-state index is 6.08. The Bertz CT molecular complexity index is 2290. The van der Waals surface area contributed by atoms with Gasteiger partial charge in [-0.05, 0) is 72.5 Å². The van der Waals surface area contributed by atoms with Crippen LogP contribution in [0, 0.1) is 0 Å². The number of para-hydroxylation sites is 1. The van der Waals surface area contributed by atoms with E-state index in [1.54, 1.807) is 0 Å². The van der Waals surface area contributed by atoms with Crippen LogP contribution in [0.15, 0.2) is 114 Å². The second-order valence-electron chi connectivity index (χ2n) is 10.5. The van der Waals surface area contributed by atoms with E-state index in [0.29, 0.717) is 0 Å². The van der Waals surface area contributed by atoms with Gasteiger partial charge in [0.15, 0.2) is 0 Å². The Labute approximate surface area is 229 Å². The van der Waals surface area contributed by atoms with Gasteiger partial charge in [0.05, 0.1) is 5.52 Å². The maximum Gasteiger partial charge on any atom is 0.135 e. The molecule has 3 heteroatoms. The van der Waals surface area contributed by atoms with Crippen molar-refractivity contribution in [3.63, 3.8) is 0 Å². The lowest BCUT2D eigenvalue weighted by molar-refractivity contribution is 0.669. The highest BCUT2D eigenvalue weighted by Gasteiger charge is 2.20. The minimum atomic E-state index is 0.934. The normalized spacial score (nSPS) is 13.3. The number of furan rings is 1. The second kappa shape index (κ2) is 7.95. The molecule has 5 aromatic carbocycles. The van der Waals surface area contributed by atoms with E-state index in [0.717, 1.165) is 24.0 Å². The van der Waals surface area contributed by atoms with Crippen molar-refractivity contribution < 1.29 is 4.42 Å². The summed E-state index contributed by atoms with van der Waals surface area (Å²) in [5.74, 6) is 0. The van der Waals surface area contributed by atoms with E-state index in [1.807, 2.05) is 23.5 Å². The number of aromatic nitrogens is 1. The minimum absolute atomic E-state index is 0.934. The van der Waals surface area contributed by atoms with Crippen LogP contribution in [0.25, 0.3) is 75.9 Å². The fraction of sp³-hybridized carbons (Fsp3) is 0.0556. The van der Waals surface area contributed by atoms with Crippen molar-refractivity contribution in [1.29, 1.82) is 0 Å². The molecule has 8 aromatic rings. The lowest BCUT2D eigenvalue weighted by Crippen LogP contribution is -2.02. The number of hydrogen-bond donors (Lipinski definition) is 0. The summed E-state index contributed by atoms with van der Waals surface area (Å²) in [4.78, 5) is 0. The Morgan fingerprint density at radius 1 is 0.615 bits per heavy atom. The van der Waals surface area contributed by atoms with E-state index >= 15 is 0 Å². The quantitative estimate of drug-likeness (QED) is 0.223. The smallest absolute Gasteiger partial charge is 0.135 e. The Balaban J connectivity index is 1.25. The molecule has 0 saturated heterocycles. The molecule has 0 fully saturated rings. The lowest BCUT2D eigenvalue weighted by Gasteiger charge is -2.13. The summed E-state index contributed by atoms with van der Waals surface area (Å²) in [5.41, 5.74) is 9.58. The van der Waals surface area contributed by atoms with Crippen LogP contribution in [0.3, 0.4) is 0 Å². The average Bonchev–Trinajstić information content (AvgIpc) is 3.65. The Morgan fingerprint density at radius 2 is 1.38 bits per heavy atom. The molecule has 0 unspecified atom stereocenters. The molecule has 0 aliphatic heterocycles. The van der Waals surface area contributed by atoms with Gasteiger partial charge in [0, 0.05) is 53.3 Å². The van der Waals surface area contributed by atoms with E-state index in [-0.39, 0.29) is 0 Å². The van der Waals surface area contributed by atoms with Crippen LogP contribution in [-0.4, -0.2) is 4.57 Å². The van der Waals surface area contributed by atoms with Gasteiger partial charge in [-0.1, -0.05) is 66.7 Å². The van der Waals surface area contributed by atoms with Crippen LogP contribution in [0.4, 0.5) is 0 Å². The minimum Gasteiger partial charge on any atom is -0.456 e. The zero-order valence-corrected chi connectivity index (χ0v) is 22.0. The van der Waals surface area contributed by atoms with Crippen LogP contribution in [-0.2, 0) is 6.42 Å². The third-order valence-electron chi connectivity index (χ3n) is 8.27. The van der Waals surface area contributed by atoms with Gasteiger partial charge in [0.25, 0.3) is 0 Å². The predicted octanol–water partition coefficient (Wildman–Crippen LogP) is 10.5. The number of allylic oxidation sites excluding steroid dienone is 1. The first kappa shape index (κ1) is 21.3. The molecule has 0 atom stereocenters. The molecule has 1 aliphatic rings. The summed E-state index contributed by atoms with van der Waals surface area (Å²) in [7, 11) is 0. The van der Waals surface area contributed by atoms with Crippen molar-refractivity contribution in [1.82, 2.24) is 4.57 Å². The SMILES string of the molecule is C1=Cc2c(n(-c3ccc4c(c3)sc3ccccc34)c3ccc(-c4ccc5oc6ccccc6c5c4)cc23)CC1. The number of thiophene rings is 1. The Morgan fingerprint density at radius 3 is 2.33 bits per heavy atom. The molecule has 2 nitrogen and oxygen atoms in total. The van der Waals surface area contributed by atoms with Gasteiger partial charge in [0.2, 0.25) is 0 Å². The molecule has 1 aliphatic carbocycles. The van der Waals surface area contributed by atoms with E-state index in [2.05, 4.69) is 108 Å². The highest BCUT2D eigenvalue weighted by Crippen LogP contribution is 2.40. The van der Waals surface area contributed by atoms with E-state index < -0.39 is 0 Å². The van der Waals surface area contributed by atoms with Crippen LogP contribution >= 0.6 is 11.3 Å². The number of hydrogen-bond acceptors (Lipinski definition) is 2. The van der Waals surface area contributed by atoms with Gasteiger partial charge < -0.3 is 8.98 Å². The standard InChI is InChI=1S/C36H23NOS/c1-4-10-31-25(7-1)29-19-22(23-14-18-34-30(20-23)26-8-2-5-11-33(26)38-34)13-17-32(29)37(31)24-15-16-28-27-9-3-6-12-35(27)39-36(28)21-24/h1-3,5-9,11-21H,4,10H2. The number of fused-ring (bicyclic) bond motifs is 9. The molecule has 0 radical (unpaired) electrons. The van der Waals surface area contributed by atoms with Gasteiger partial charge in [-0.25, -0.2) is 0 Å². The van der Waals surface area contributed by atoms with Crippen LogP contribution in [0.2, 0.25) is 0 Å². The third-order valence-corrected chi connectivity index (χ3v) is 9.40. The van der Waals surface area contributed by atoms with Gasteiger partial charge in [0.1, 0.15) is 11.2 Å². The summed E-state index contributed by atoms with van der Waals surface area (Å²) >= 11 is 1.88. The van der Waals surface area contributed by atoms with Crippen molar-refractivity contribution in [2.24, 2.45) is 0 Å². The van der Waals surface area contributed by atoms with Crippen LogP contribution in [0.1, 0.15) is 17.7 Å². The molecule has 0 saturated carbocycles. The number of rotatable bonds is 2. The zero-order valence-electron chi connectivity index (χ0n) is 21.1. The van der Waals surface area contributed by atoms with Gasteiger partial charge in [-0.2, -0.15) is 0 Å². The topological polar surface area (TPSA) is 18.1 Å². The van der Waals surface area contributed by atoms with Crippen molar-refractivity contribution in [3.8, 4) is 16.8 Å². The summed E-state index contributed by atoms with van der Waals surface area (Å²) in [6, 6.07) is 37.5. The second-order valence-corrected chi connectivity index (χ2v) is 11.5. The molecule has 39 heavy (non-hydrogen) atoms. The molecule has 0 bridgehead atoms. The van der Waals surface area contributed by atoms with Crippen LogP contribution < -0.4 is 0 Å². The molecular weight excluding hydrogens is 494 g/mol. The zero-order chi connectivity index (χ0) is 25.5. The first-order valence-corrected chi connectivity index (χ1v) is 14.3. The summed E-state index contributed by atoms with van der Waals surface area (Å²) < 4.78 is 11.3. The van der Waals surface area contributed by atoms with Crippen LogP contribution in [0.5, 0.6) is 0 Å². The van der Waals surface area contributed by atoms with Crippen molar-refractivity contribution >= 4 is 70.4 Å². The monoisotopic (exact) mass is 517 g/mol. The molecule has 0 spiro atoms.